The van der Waals surface area contributed by atoms with Gasteiger partial charge in [0.1, 0.15) is 24.0 Å². The van der Waals surface area contributed by atoms with Crippen molar-refractivity contribution in [2.75, 3.05) is 4.90 Å². The number of para-hydroxylation sites is 1. The quantitative estimate of drug-likeness (QED) is 0.315. The molecule has 0 radical (unpaired) electrons. The number of nitriles is 1. The fraction of sp³-hybridized carbons (Fsp3) is 0.0741. The second kappa shape index (κ2) is 9.84. The van der Waals surface area contributed by atoms with Crippen molar-refractivity contribution in [3.05, 3.63) is 108 Å². The molecular weight excluding hydrogens is 433 g/mol. The maximum Gasteiger partial charge on any atom is 0.323 e. The smallest absolute Gasteiger partial charge is 0.323 e. The molecule has 0 aliphatic rings. The molecule has 0 atom stereocenters. The summed E-state index contributed by atoms with van der Waals surface area (Å²) < 4.78 is 15.4. The zero-order valence-electron chi connectivity index (χ0n) is 18.1. The zero-order chi connectivity index (χ0) is 24.1. The number of carbonyl (C=O) groups is 2. The third-order valence-electron chi connectivity index (χ3n) is 5.33. The van der Waals surface area contributed by atoms with Gasteiger partial charge >= 0.3 is 5.97 Å². The number of hydrogen-bond acceptors (Lipinski definition) is 3. The number of carbonyl (C=O) groups excluding carboxylic acids is 1. The molecule has 0 spiro atoms. The lowest BCUT2D eigenvalue weighted by molar-refractivity contribution is -0.137. The highest BCUT2D eigenvalue weighted by Gasteiger charge is 2.21. The maximum atomic E-state index is 14.0. The number of nitrogens with zero attached hydrogens (tertiary/aromatic N) is 3. The zero-order valence-corrected chi connectivity index (χ0v) is 18.1. The van der Waals surface area contributed by atoms with Crippen molar-refractivity contribution in [1.29, 1.82) is 5.26 Å². The van der Waals surface area contributed by atoms with Crippen LogP contribution in [0.3, 0.4) is 0 Å². The van der Waals surface area contributed by atoms with Gasteiger partial charge in [0.2, 0.25) is 0 Å². The Morgan fingerprint density at radius 2 is 1.71 bits per heavy atom. The largest absolute Gasteiger partial charge is 0.480 e. The van der Waals surface area contributed by atoms with Gasteiger partial charge in [-0.3, -0.25) is 9.59 Å². The van der Waals surface area contributed by atoms with E-state index in [1.54, 1.807) is 24.3 Å². The van der Waals surface area contributed by atoms with E-state index >= 15 is 0 Å². The van der Waals surface area contributed by atoms with Gasteiger partial charge in [0.05, 0.1) is 6.54 Å². The van der Waals surface area contributed by atoms with Gasteiger partial charge in [-0.1, -0.05) is 48.5 Å². The van der Waals surface area contributed by atoms with Crippen LogP contribution < -0.4 is 4.90 Å². The van der Waals surface area contributed by atoms with Crippen LogP contribution in [-0.2, 0) is 22.7 Å². The lowest BCUT2D eigenvalue weighted by Gasteiger charge is -2.22. The number of aromatic nitrogens is 1. The van der Waals surface area contributed by atoms with Crippen LogP contribution in [0.5, 0.6) is 0 Å². The van der Waals surface area contributed by atoms with Crippen molar-refractivity contribution in [2.45, 2.75) is 13.1 Å². The summed E-state index contributed by atoms with van der Waals surface area (Å²) in [6.07, 6.45) is 2.89. The van der Waals surface area contributed by atoms with Crippen molar-refractivity contribution in [3.8, 4) is 6.07 Å². The summed E-state index contributed by atoms with van der Waals surface area (Å²) in [5.41, 5.74) is 2.23. The number of amides is 1. The van der Waals surface area contributed by atoms with Crippen LogP contribution in [0.25, 0.3) is 17.0 Å². The second-order valence-electron chi connectivity index (χ2n) is 7.65. The van der Waals surface area contributed by atoms with E-state index in [2.05, 4.69) is 0 Å². The minimum atomic E-state index is -1.06. The first kappa shape index (κ1) is 22.5. The Morgan fingerprint density at radius 1 is 1.03 bits per heavy atom. The fourth-order valence-corrected chi connectivity index (χ4v) is 3.79. The predicted molar refractivity (Wildman–Crippen MR) is 127 cm³/mol. The van der Waals surface area contributed by atoms with Crippen molar-refractivity contribution >= 4 is 34.5 Å². The fourth-order valence-electron chi connectivity index (χ4n) is 3.79. The molecule has 0 unspecified atom stereocenters. The Labute approximate surface area is 195 Å². The van der Waals surface area contributed by atoms with Crippen LogP contribution in [0.15, 0.2) is 90.6 Å². The van der Waals surface area contributed by atoms with E-state index in [1.807, 2.05) is 42.5 Å². The van der Waals surface area contributed by atoms with Gasteiger partial charge in [-0.2, -0.15) is 5.26 Å². The van der Waals surface area contributed by atoms with Gasteiger partial charge in [0.25, 0.3) is 5.91 Å². The molecular formula is C27H20FN3O3. The lowest BCUT2D eigenvalue weighted by atomic mass is 10.1. The van der Waals surface area contributed by atoms with Gasteiger partial charge in [-0.25, -0.2) is 4.39 Å². The molecule has 7 heteroatoms. The summed E-state index contributed by atoms with van der Waals surface area (Å²) in [6, 6.07) is 24.4. The number of halogens is 1. The van der Waals surface area contributed by atoms with Crippen LogP contribution in [0.1, 0.15) is 11.1 Å². The molecule has 0 saturated heterocycles. The minimum absolute atomic E-state index is 0.154. The van der Waals surface area contributed by atoms with E-state index in [4.69, 9.17) is 0 Å². The Hall–Kier alpha value is -4.70. The molecule has 3 aromatic carbocycles. The average Bonchev–Trinajstić information content (AvgIpc) is 3.17. The van der Waals surface area contributed by atoms with Crippen molar-refractivity contribution in [3.63, 3.8) is 0 Å². The molecule has 0 bridgehead atoms. The van der Waals surface area contributed by atoms with Crippen molar-refractivity contribution < 1.29 is 19.1 Å². The summed E-state index contributed by atoms with van der Waals surface area (Å²) in [4.78, 5) is 26.3. The maximum absolute atomic E-state index is 14.0. The Balaban J connectivity index is 1.78. The molecule has 0 aliphatic carbocycles. The SMILES string of the molecule is N#C/C(=C\c1cn(CC(=O)O)c2ccc(F)cc12)C(=O)N(Cc1ccccc1)c1ccccc1. The van der Waals surface area contributed by atoms with Gasteiger partial charge in [0.15, 0.2) is 0 Å². The molecule has 1 aromatic heterocycles. The average molecular weight is 453 g/mol. The van der Waals surface area contributed by atoms with Crippen molar-refractivity contribution in [1.82, 2.24) is 4.57 Å². The number of anilines is 1. The molecule has 0 fully saturated rings. The summed E-state index contributed by atoms with van der Waals surface area (Å²) >= 11 is 0. The Kier molecular flexibility index (Phi) is 6.51. The molecule has 6 nitrogen and oxygen atoms in total. The van der Waals surface area contributed by atoms with E-state index in [0.29, 0.717) is 22.2 Å². The number of rotatable bonds is 7. The molecule has 0 saturated carbocycles. The van der Waals surface area contributed by atoms with E-state index in [1.165, 1.54) is 39.9 Å². The third kappa shape index (κ3) is 4.87. The molecule has 1 N–H and O–H groups in total. The topological polar surface area (TPSA) is 86.3 Å². The number of carboxylic acids is 1. The second-order valence-corrected chi connectivity index (χ2v) is 7.65. The summed E-state index contributed by atoms with van der Waals surface area (Å²) in [6.45, 7) is -0.0892. The predicted octanol–water partition coefficient (Wildman–Crippen LogP) is 5.01. The van der Waals surface area contributed by atoms with Gasteiger partial charge < -0.3 is 14.6 Å². The standard InChI is InChI=1S/C27H20FN3O3/c28-22-11-12-25-24(14-22)21(17-30(25)18-26(32)33)13-20(15-29)27(34)31(23-9-5-2-6-10-23)16-19-7-3-1-4-8-19/h1-14,17H,16,18H2,(H,32,33)/b20-13+. The summed E-state index contributed by atoms with van der Waals surface area (Å²) in [7, 11) is 0. The molecule has 34 heavy (non-hydrogen) atoms. The molecule has 4 aromatic rings. The molecule has 1 amide bonds. The first-order valence-electron chi connectivity index (χ1n) is 10.5. The van der Waals surface area contributed by atoms with Gasteiger partial charge in [-0.05, 0) is 42.0 Å². The first-order chi connectivity index (χ1) is 16.5. The van der Waals surface area contributed by atoms with Crippen LogP contribution in [0.4, 0.5) is 10.1 Å². The number of carboxylic acid groups (broad SMARTS) is 1. The highest BCUT2D eigenvalue weighted by Crippen LogP contribution is 2.26. The van der Waals surface area contributed by atoms with Crippen LogP contribution in [0, 0.1) is 17.1 Å². The van der Waals surface area contributed by atoms with E-state index < -0.39 is 17.7 Å². The molecule has 4 rings (SSSR count). The Bertz CT molecular complexity index is 1420. The molecule has 0 aliphatic heterocycles. The normalized spacial score (nSPS) is 11.2. The summed E-state index contributed by atoms with van der Waals surface area (Å²) in [5, 5.41) is 19.5. The highest BCUT2D eigenvalue weighted by molar-refractivity contribution is 6.12. The number of fused-ring (bicyclic) bond motifs is 1. The first-order valence-corrected chi connectivity index (χ1v) is 10.5. The van der Waals surface area contributed by atoms with Crippen molar-refractivity contribution in [2.24, 2.45) is 0 Å². The van der Waals surface area contributed by atoms with Crippen LogP contribution in [-0.4, -0.2) is 21.6 Å². The minimum Gasteiger partial charge on any atom is -0.480 e. The van der Waals surface area contributed by atoms with Crippen LogP contribution in [0.2, 0.25) is 0 Å². The number of aliphatic carboxylic acids is 1. The van der Waals surface area contributed by atoms with Crippen LogP contribution >= 0.6 is 0 Å². The monoisotopic (exact) mass is 453 g/mol. The Morgan fingerprint density at radius 3 is 2.35 bits per heavy atom. The van der Waals surface area contributed by atoms with E-state index in [-0.39, 0.29) is 18.7 Å². The van der Waals surface area contributed by atoms with Gasteiger partial charge in [0, 0.05) is 28.4 Å². The summed E-state index contributed by atoms with van der Waals surface area (Å²) in [5.74, 6) is -2.09. The molecule has 168 valence electrons. The van der Waals surface area contributed by atoms with Gasteiger partial charge in [-0.15, -0.1) is 0 Å². The number of benzene rings is 3. The van der Waals surface area contributed by atoms with E-state index in [0.717, 1.165) is 5.56 Å². The third-order valence-corrected chi connectivity index (χ3v) is 5.33. The van der Waals surface area contributed by atoms with E-state index in [9.17, 15) is 24.3 Å². The molecule has 1 heterocycles. The highest BCUT2D eigenvalue weighted by atomic mass is 19.1. The lowest BCUT2D eigenvalue weighted by Crippen LogP contribution is -2.31. The number of hydrogen-bond donors (Lipinski definition) is 1.